The van der Waals surface area contributed by atoms with Gasteiger partial charge in [0.05, 0.1) is 0 Å². The molecule has 3 aromatic rings. The van der Waals surface area contributed by atoms with Crippen molar-refractivity contribution in [3.05, 3.63) is 65.7 Å². The summed E-state index contributed by atoms with van der Waals surface area (Å²) < 4.78 is 27.1. The Bertz CT molecular complexity index is 882. The minimum absolute atomic E-state index is 0.0482. The fourth-order valence-electron chi connectivity index (χ4n) is 2.08. The molecule has 0 saturated heterocycles. The van der Waals surface area contributed by atoms with Crippen molar-refractivity contribution >= 4 is 34.0 Å². The maximum Gasteiger partial charge on any atom is 0.256 e. The van der Waals surface area contributed by atoms with E-state index in [2.05, 4.69) is 10.3 Å². The average Bonchev–Trinajstić information content (AvgIpc) is 3.01. The molecule has 3 nitrogen and oxygen atoms in total. The number of nitrogens with zero attached hydrogens (tertiary/aromatic N) is 1. The molecule has 1 heterocycles. The van der Waals surface area contributed by atoms with Crippen molar-refractivity contribution in [2.75, 3.05) is 11.6 Å². The van der Waals surface area contributed by atoms with Crippen LogP contribution < -0.4 is 5.32 Å². The Morgan fingerprint density at radius 2 is 1.88 bits per heavy atom. The lowest BCUT2D eigenvalue weighted by atomic mass is 10.1. The van der Waals surface area contributed by atoms with Gasteiger partial charge in [0.15, 0.2) is 16.0 Å². The molecule has 0 aliphatic rings. The average molecular weight is 362 g/mol. The normalized spacial score (nSPS) is 10.6. The zero-order valence-electron chi connectivity index (χ0n) is 12.5. The molecule has 1 N–H and O–H groups in total. The number of rotatable bonds is 4. The lowest BCUT2D eigenvalue weighted by molar-refractivity contribution is 0.102. The monoisotopic (exact) mass is 362 g/mol. The van der Waals surface area contributed by atoms with Gasteiger partial charge < -0.3 is 5.32 Å². The molecule has 24 heavy (non-hydrogen) atoms. The van der Waals surface area contributed by atoms with Gasteiger partial charge in [-0.05, 0) is 24.5 Å². The first-order chi connectivity index (χ1) is 11.6. The predicted molar refractivity (Wildman–Crippen MR) is 93.6 cm³/mol. The number of hydrogen-bond donors (Lipinski definition) is 1. The molecule has 122 valence electrons. The lowest BCUT2D eigenvalue weighted by Gasteiger charge is -2.06. The molecule has 0 fully saturated rings. The van der Waals surface area contributed by atoms with E-state index in [0.29, 0.717) is 10.7 Å². The first-order valence-electron chi connectivity index (χ1n) is 6.95. The highest BCUT2D eigenvalue weighted by atomic mass is 32.2. The summed E-state index contributed by atoms with van der Waals surface area (Å²) >= 11 is 2.81. The van der Waals surface area contributed by atoms with Crippen molar-refractivity contribution in [1.29, 1.82) is 0 Å². The Balaban J connectivity index is 1.93. The molecule has 0 unspecified atom stereocenters. The molecule has 1 aromatic heterocycles. The maximum absolute atomic E-state index is 13.3. The summed E-state index contributed by atoms with van der Waals surface area (Å²) in [6.45, 7) is 0. The molecule has 3 rings (SSSR count). The largest absolute Gasteiger partial charge is 0.312 e. The van der Waals surface area contributed by atoms with Crippen LogP contribution in [0.25, 0.3) is 11.3 Å². The summed E-state index contributed by atoms with van der Waals surface area (Å²) in [5.41, 5.74) is 1.57. The molecule has 0 saturated carbocycles. The highest BCUT2D eigenvalue weighted by Gasteiger charge is 2.17. The van der Waals surface area contributed by atoms with Gasteiger partial charge in [0.2, 0.25) is 0 Å². The van der Waals surface area contributed by atoms with Gasteiger partial charge in [-0.1, -0.05) is 53.4 Å². The molecule has 0 aliphatic carbocycles. The summed E-state index contributed by atoms with van der Waals surface area (Å²) in [5, 5.41) is 3.31. The Kier molecular flexibility index (Phi) is 4.92. The third kappa shape index (κ3) is 3.47. The van der Waals surface area contributed by atoms with Crippen LogP contribution >= 0.6 is 23.1 Å². The van der Waals surface area contributed by atoms with Crippen molar-refractivity contribution < 1.29 is 13.6 Å². The number of thioether (sulfide) groups is 1. The number of hydrogen-bond acceptors (Lipinski definition) is 4. The van der Waals surface area contributed by atoms with Crippen LogP contribution in [-0.4, -0.2) is 17.1 Å². The van der Waals surface area contributed by atoms with Crippen LogP contribution in [0.2, 0.25) is 0 Å². The van der Waals surface area contributed by atoms with Crippen LogP contribution in [0.15, 0.2) is 52.9 Å². The number of halogens is 2. The first-order valence-corrected chi connectivity index (χ1v) is 8.99. The van der Waals surface area contributed by atoms with Crippen molar-refractivity contribution in [1.82, 2.24) is 4.98 Å². The van der Waals surface area contributed by atoms with Gasteiger partial charge >= 0.3 is 0 Å². The molecule has 0 spiro atoms. The van der Waals surface area contributed by atoms with Crippen molar-refractivity contribution in [2.24, 2.45) is 0 Å². The minimum Gasteiger partial charge on any atom is -0.312 e. The van der Waals surface area contributed by atoms with Gasteiger partial charge in [-0.2, -0.15) is 0 Å². The van der Waals surface area contributed by atoms with E-state index >= 15 is 0 Å². The summed E-state index contributed by atoms with van der Waals surface area (Å²) in [4.78, 5) is 16.8. The molecule has 2 aromatic carbocycles. The van der Waals surface area contributed by atoms with Crippen LogP contribution in [-0.2, 0) is 0 Å². The fourth-order valence-corrected chi connectivity index (χ4v) is 3.56. The summed E-state index contributed by atoms with van der Waals surface area (Å²) in [5.74, 6) is -2.55. The van der Waals surface area contributed by atoms with Gasteiger partial charge in [0.25, 0.3) is 5.91 Å². The van der Waals surface area contributed by atoms with E-state index in [9.17, 15) is 13.6 Å². The third-order valence-electron chi connectivity index (χ3n) is 3.24. The molecular formula is C17H12F2N2OS2. The second-order valence-corrected chi connectivity index (χ2v) is 6.86. The second-order valence-electron chi connectivity index (χ2n) is 4.81. The maximum atomic E-state index is 13.3. The van der Waals surface area contributed by atoms with E-state index in [1.165, 1.54) is 29.2 Å². The van der Waals surface area contributed by atoms with Crippen molar-refractivity contribution in [3.63, 3.8) is 0 Å². The molecule has 0 atom stereocenters. The van der Waals surface area contributed by atoms with Crippen LogP contribution in [0.4, 0.5) is 13.8 Å². The number of aromatic nitrogens is 1. The van der Waals surface area contributed by atoms with E-state index in [4.69, 9.17) is 0 Å². The lowest BCUT2D eigenvalue weighted by Crippen LogP contribution is -2.12. The number of anilines is 1. The summed E-state index contributed by atoms with van der Waals surface area (Å²) in [6, 6.07) is 12.5. The Labute approximate surface area is 145 Å². The molecule has 0 radical (unpaired) electrons. The summed E-state index contributed by atoms with van der Waals surface area (Å²) in [7, 11) is 0. The molecule has 0 bridgehead atoms. The van der Waals surface area contributed by atoms with Crippen LogP contribution in [0.5, 0.6) is 0 Å². The number of benzene rings is 2. The van der Waals surface area contributed by atoms with Crippen LogP contribution in [0.3, 0.4) is 0 Å². The van der Waals surface area contributed by atoms with E-state index < -0.39 is 17.5 Å². The third-order valence-corrected chi connectivity index (χ3v) is 5.19. The highest BCUT2D eigenvalue weighted by Crippen LogP contribution is 2.37. The van der Waals surface area contributed by atoms with Crippen molar-refractivity contribution in [3.8, 4) is 11.3 Å². The van der Waals surface area contributed by atoms with Gasteiger partial charge in [0, 0.05) is 11.1 Å². The number of amides is 1. The predicted octanol–water partition coefficient (Wildman–Crippen LogP) is 5.06. The van der Waals surface area contributed by atoms with Gasteiger partial charge in [0.1, 0.15) is 10.7 Å². The van der Waals surface area contributed by atoms with Crippen molar-refractivity contribution in [2.45, 2.75) is 4.34 Å². The Morgan fingerprint density at radius 1 is 1.12 bits per heavy atom. The highest BCUT2D eigenvalue weighted by molar-refractivity contribution is 8.00. The summed E-state index contributed by atoms with van der Waals surface area (Å²) in [6.07, 6.45) is 1.90. The number of carbonyl (C=O) groups is 1. The topological polar surface area (TPSA) is 42.0 Å². The molecule has 7 heteroatoms. The fraction of sp³-hybridized carbons (Fsp3) is 0.0588. The van der Waals surface area contributed by atoms with E-state index in [1.54, 1.807) is 0 Å². The smallest absolute Gasteiger partial charge is 0.256 e. The van der Waals surface area contributed by atoms with Gasteiger partial charge in [-0.15, -0.1) is 0 Å². The molecule has 1 amide bonds. The Morgan fingerprint density at radius 3 is 2.54 bits per heavy atom. The second kappa shape index (κ2) is 7.11. The number of nitrogens with one attached hydrogen (secondary N) is 1. The number of thiazole rings is 1. The standard InChI is InChI=1S/C17H12F2N2OS2/c1-23-17-20-14(10-5-3-2-4-6-10)16(24-17)21-15(22)11-7-8-12(18)13(19)9-11/h2-9H,1H3,(H,21,22). The van der Waals surface area contributed by atoms with Gasteiger partial charge in [-0.25, -0.2) is 13.8 Å². The first kappa shape index (κ1) is 16.6. The van der Waals surface area contributed by atoms with Gasteiger partial charge in [-0.3, -0.25) is 4.79 Å². The van der Waals surface area contributed by atoms with E-state index in [-0.39, 0.29) is 5.56 Å². The molecular weight excluding hydrogens is 350 g/mol. The van der Waals surface area contributed by atoms with E-state index in [1.807, 2.05) is 36.6 Å². The number of carbonyl (C=O) groups excluding carboxylic acids is 1. The van der Waals surface area contributed by atoms with Crippen LogP contribution in [0, 0.1) is 11.6 Å². The SMILES string of the molecule is CSc1nc(-c2ccccc2)c(NC(=O)c2ccc(F)c(F)c2)s1. The minimum atomic E-state index is -1.06. The zero-order valence-corrected chi connectivity index (χ0v) is 14.2. The van der Waals surface area contributed by atoms with E-state index in [0.717, 1.165) is 22.0 Å². The quantitative estimate of drug-likeness (QED) is 0.660. The molecule has 0 aliphatic heterocycles. The zero-order chi connectivity index (χ0) is 17.1. The Hall–Kier alpha value is -2.25. The van der Waals surface area contributed by atoms with Crippen LogP contribution in [0.1, 0.15) is 10.4 Å².